The van der Waals surface area contributed by atoms with Crippen molar-refractivity contribution in [2.75, 3.05) is 20.3 Å². The molecule has 1 aliphatic heterocycles. The first kappa shape index (κ1) is 20.3. The molecule has 8 nitrogen and oxygen atoms in total. The van der Waals surface area contributed by atoms with E-state index in [9.17, 15) is 14.4 Å². The van der Waals surface area contributed by atoms with Gasteiger partial charge in [-0.1, -0.05) is 13.0 Å². The number of esters is 2. The summed E-state index contributed by atoms with van der Waals surface area (Å²) in [4.78, 5) is 36.5. The van der Waals surface area contributed by atoms with Crippen LogP contribution in [0.2, 0.25) is 0 Å². The van der Waals surface area contributed by atoms with Crippen molar-refractivity contribution in [2.24, 2.45) is 0 Å². The molecule has 2 N–H and O–H groups in total. The third-order valence-corrected chi connectivity index (χ3v) is 4.14. The summed E-state index contributed by atoms with van der Waals surface area (Å²) in [6, 6.07) is 3.98. The van der Waals surface area contributed by atoms with Crippen molar-refractivity contribution >= 4 is 18.0 Å². The zero-order valence-electron chi connectivity index (χ0n) is 15.9. The average molecular weight is 376 g/mol. The molecule has 0 radical (unpaired) electrons. The molecule has 8 heteroatoms. The molecule has 0 saturated heterocycles. The molecular formula is C19H24N2O6. The van der Waals surface area contributed by atoms with Crippen LogP contribution >= 0.6 is 0 Å². The fraction of sp³-hybridized carbons (Fsp3) is 0.421. The highest BCUT2D eigenvalue weighted by Gasteiger charge is 2.32. The van der Waals surface area contributed by atoms with Gasteiger partial charge in [0.25, 0.3) is 0 Å². The van der Waals surface area contributed by atoms with Gasteiger partial charge in [0.15, 0.2) is 0 Å². The smallest absolute Gasteiger partial charge is 0.338 e. The van der Waals surface area contributed by atoms with E-state index in [0.717, 1.165) is 5.56 Å². The molecule has 1 unspecified atom stereocenters. The van der Waals surface area contributed by atoms with E-state index in [1.807, 2.05) is 13.8 Å². The van der Waals surface area contributed by atoms with Crippen LogP contribution in [0.4, 0.5) is 4.79 Å². The number of amides is 2. The number of nitrogens with one attached hydrogen (secondary N) is 2. The zero-order chi connectivity index (χ0) is 20.0. The number of carbonyl (C=O) groups excluding carboxylic acids is 3. The minimum absolute atomic E-state index is 0.197. The van der Waals surface area contributed by atoms with Gasteiger partial charge >= 0.3 is 18.0 Å². The predicted octanol–water partition coefficient (Wildman–Crippen LogP) is 2.07. The number of urea groups is 1. The zero-order valence-corrected chi connectivity index (χ0v) is 15.9. The second-order valence-electron chi connectivity index (χ2n) is 5.93. The molecule has 0 aliphatic carbocycles. The number of methoxy groups -OCH3 is 1. The van der Waals surface area contributed by atoms with Gasteiger partial charge in [-0.25, -0.2) is 14.4 Å². The van der Waals surface area contributed by atoms with Crippen LogP contribution < -0.4 is 15.4 Å². The Morgan fingerprint density at radius 2 is 1.89 bits per heavy atom. The van der Waals surface area contributed by atoms with Crippen molar-refractivity contribution in [1.29, 1.82) is 0 Å². The lowest BCUT2D eigenvalue weighted by Crippen LogP contribution is -2.51. The fourth-order valence-electron chi connectivity index (χ4n) is 2.74. The Balaban J connectivity index is 2.22. The van der Waals surface area contributed by atoms with Crippen LogP contribution in [0.15, 0.2) is 29.5 Å². The molecule has 27 heavy (non-hydrogen) atoms. The molecular weight excluding hydrogens is 352 g/mol. The Kier molecular flexibility index (Phi) is 6.81. The number of benzene rings is 1. The maximum atomic E-state index is 12.4. The molecule has 1 heterocycles. The van der Waals surface area contributed by atoms with E-state index >= 15 is 0 Å². The van der Waals surface area contributed by atoms with E-state index in [2.05, 4.69) is 10.6 Å². The van der Waals surface area contributed by atoms with Crippen molar-refractivity contribution in [3.63, 3.8) is 0 Å². The van der Waals surface area contributed by atoms with Gasteiger partial charge in [-0.3, -0.25) is 0 Å². The summed E-state index contributed by atoms with van der Waals surface area (Å²) in [5, 5.41) is 5.20. The van der Waals surface area contributed by atoms with Gasteiger partial charge in [-0.2, -0.15) is 0 Å². The molecule has 146 valence electrons. The highest BCUT2D eigenvalue weighted by Crippen LogP contribution is 2.21. The van der Waals surface area contributed by atoms with Gasteiger partial charge in [0, 0.05) is 0 Å². The summed E-state index contributed by atoms with van der Waals surface area (Å²) in [6.07, 6.45) is 0.494. The van der Waals surface area contributed by atoms with Gasteiger partial charge in [0.05, 0.1) is 36.6 Å². The van der Waals surface area contributed by atoms with Crippen molar-refractivity contribution < 1.29 is 28.6 Å². The molecule has 2 amide bonds. The molecule has 0 bridgehead atoms. The van der Waals surface area contributed by atoms with Gasteiger partial charge in [0.1, 0.15) is 12.4 Å². The Hall–Kier alpha value is -3.03. The number of aryl methyl sites for hydroxylation is 1. The molecule has 0 saturated carbocycles. The van der Waals surface area contributed by atoms with E-state index in [1.54, 1.807) is 25.1 Å². The Labute approximate surface area is 157 Å². The van der Waals surface area contributed by atoms with Gasteiger partial charge in [-0.05, 0) is 38.0 Å². The van der Waals surface area contributed by atoms with Crippen LogP contribution in [-0.2, 0) is 14.3 Å². The molecule has 1 aromatic carbocycles. The SMILES string of the molecule is CCOC(=O)C1=C(COC(=O)c2ccc(C)c(OC)c2)NC(=O)NC1CC. The molecule has 1 aromatic rings. The van der Waals surface area contributed by atoms with E-state index < -0.39 is 24.0 Å². The average Bonchev–Trinajstić information content (AvgIpc) is 2.65. The minimum atomic E-state index is -0.593. The molecule has 1 atom stereocenters. The number of rotatable bonds is 7. The normalized spacial score (nSPS) is 16.3. The molecule has 0 aromatic heterocycles. The second-order valence-corrected chi connectivity index (χ2v) is 5.93. The summed E-state index contributed by atoms with van der Waals surface area (Å²) in [5.41, 5.74) is 1.67. The highest BCUT2D eigenvalue weighted by molar-refractivity contribution is 5.95. The quantitative estimate of drug-likeness (QED) is 0.706. The summed E-state index contributed by atoms with van der Waals surface area (Å²) < 4.78 is 15.6. The largest absolute Gasteiger partial charge is 0.496 e. The summed E-state index contributed by atoms with van der Waals surface area (Å²) >= 11 is 0. The van der Waals surface area contributed by atoms with Crippen molar-refractivity contribution in [1.82, 2.24) is 10.6 Å². The summed E-state index contributed by atoms with van der Waals surface area (Å²) in [7, 11) is 1.52. The van der Waals surface area contributed by atoms with Crippen molar-refractivity contribution in [3.8, 4) is 5.75 Å². The maximum absolute atomic E-state index is 12.4. The first-order chi connectivity index (χ1) is 12.9. The first-order valence-electron chi connectivity index (χ1n) is 8.70. The van der Waals surface area contributed by atoms with Crippen LogP contribution in [0.5, 0.6) is 5.75 Å². The third-order valence-electron chi connectivity index (χ3n) is 4.14. The Bertz CT molecular complexity index is 771. The fourth-order valence-corrected chi connectivity index (χ4v) is 2.74. The van der Waals surface area contributed by atoms with E-state index in [-0.39, 0.29) is 24.5 Å². The van der Waals surface area contributed by atoms with Crippen molar-refractivity contribution in [3.05, 3.63) is 40.6 Å². The lowest BCUT2D eigenvalue weighted by Gasteiger charge is -2.28. The highest BCUT2D eigenvalue weighted by atomic mass is 16.5. The molecule has 2 rings (SSSR count). The molecule has 1 aliphatic rings. The van der Waals surface area contributed by atoms with Crippen LogP contribution in [-0.4, -0.2) is 44.3 Å². The standard InChI is InChI=1S/C19H24N2O6/c1-5-13-16(18(23)26-6-2)14(21-19(24)20-13)10-27-17(22)12-8-7-11(3)15(9-12)25-4/h7-9,13H,5-6,10H2,1-4H3,(H2,20,21,24). The van der Waals surface area contributed by atoms with Crippen LogP contribution in [0.25, 0.3) is 0 Å². The predicted molar refractivity (Wildman–Crippen MR) is 97.4 cm³/mol. The van der Waals surface area contributed by atoms with Crippen LogP contribution in [0.3, 0.4) is 0 Å². The van der Waals surface area contributed by atoms with Gasteiger partial charge in [-0.15, -0.1) is 0 Å². The molecule has 0 spiro atoms. The van der Waals surface area contributed by atoms with E-state index in [4.69, 9.17) is 14.2 Å². The van der Waals surface area contributed by atoms with E-state index in [1.165, 1.54) is 7.11 Å². The maximum Gasteiger partial charge on any atom is 0.338 e. The molecule has 0 fully saturated rings. The van der Waals surface area contributed by atoms with Crippen LogP contribution in [0, 0.1) is 6.92 Å². The van der Waals surface area contributed by atoms with Crippen LogP contribution in [0.1, 0.15) is 36.2 Å². The minimum Gasteiger partial charge on any atom is -0.496 e. The lowest BCUT2D eigenvalue weighted by atomic mass is 10.0. The second kappa shape index (κ2) is 9.07. The number of ether oxygens (including phenoxy) is 3. The first-order valence-corrected chi connectivity index (χ1v) is 8.70. The van der Waals surface area contributed by atoms with E-state index in [0.29, 0.717) is 17.7 Å². The summed E-state index contributed by atoms with van der Waals surface area (Å²) in [6.45, 7) is 5.33. The number of hydrogen-bond acceptors (Lipinski definition) is 6. The van der Waals surface area contributed by atoms with Crippen molar-refractivity contribution in [2.45, 2.75) is 33.2 Å². The van der Waals surface area contributed by atoms with Gasteiger partial charge < -0.3 is 24.8 Å². The number of hydrogen-bond donors (Lipinski definition) is 2. The Morgan fingerprint density at radius 1 is 1.15 bits per heavy atom. The van der Waals surface area contributed by atoms with Gasteiger partial charge in [0.2, 0.25) is 0 Å². The number of carbonyl (C=O) groups is 3. The topological polar surface area (TPSA) is 103 Å². The lowest BCUT2D eigenvalue weighted by molar-refractivity contribution is -0.139. The third kappa shape index (κ3) is 4.78. The monoisotopic (exact) mass is 376 g/mol. The summed E-state index contributed by atoms with van der Waals surface area (Å²) in [5.74, 6) is -0.582. The Morgan fingerprint density at radius 3 is 2.52 bits per heavy atom.